The molecule has 1 aromatic heterocycles. The molecule has 6 N–H and O–H groups in total. The maximum atomic E-state index is 12.6. The van der Waals surface area contributed by atoms with E-state index in [-0.39, 0.29) is 28.3 Å². The molecule has 0 saturated heterocycles. The highest BCUT2D eigenvalue weighted by Crippen LogP contribution is 2.33. The lowest BCUT2D eigenvalue weighted by Crippen LogP contribution is -2.33. The Morgan fingerprint density at radius 1 is 1.03 bits per heavy atom. The van der Waals surface area contributed by atoms with Crippen molar-refractivity contribution in [1.29, 1.82) is 10.5 Å². The van der Waals surface area contributed by atoms with Crippen molar-refractivity contribution in [2.24, 2.45) is 16.8 Å². The van der Waals surface area contributed by atoms with Crippen molar-refractivity contribution >= 4 is 23.3 Å². The number of aromatic amines is 1. The van der Waals surface area contributed by atoms with Crippen LogP contribution in [0.4, 0.5) is 5.69 Å². The third-order valence-electron chi connectivity index (χ3n) is 4.97. The van der Waals surface area contributed by atoms with Gasteiger partial charge in [0.25, 0.3) is 5.56 Å². The van der Waals surface area contributed by atoms with Crippen molar-refractivity contribution in [3.8, 4) is 34.4 Å². The van der Waals surface area contributed by atoms with Crippen molar-refractivity contribution in [3.63, 3.8) is 0 Å². The lowest BCUT2D eigenvalue weighted by atomic mass is 9.95. The van der Waals surface area contributed by atoms with E-state index in [0.29, 0.717) is 10.6 Å². The summed E-state index contributed by atoms with van der Waals surface area (Å²) in [4.78, 5) is 17.2. The van der Waals surface area contributed by atoms with E-state index in [2.05, 4.69) is 21.6 Å². The third-order valence-corrected chi connectivity index (χ3v) is 5.98. The molecule has 0 saturated carbocycles. The molecule has 0 spiro atoms. The van der Waals surface area contributed by atoms with E-state index in [1.54, 1.807) is 12.1 Å². The van der Waals surface area contributed by atoms with Gasteiger partial charge in [-0.15, -0.1) is 0 Å². The lowest BCUT2D eigenvalue weighted by Gasteiger charge is -2.13. The van der Waals surface area contributed by atoms with E-state index in [4.69, 9.17) is 11.7 Å². The van der Waals surface area contributed by atoms with Crippen molar-refractivity contribution in [1.82, 2.24) is 10.4 Å². The Morgan fingerprint density at radius 3 is 2.06 bits per heavy atom. The summed E-state index contributed by atoms with van der Waals surface area (Å²) in [6, 6.07) is 19.5. The van der Waals surface area contributed by atoms with Gasteiger partial charge in [0.05, 0.1) is 16.3 Å². The summed E-state index contributed by atoms with van der Waals surface area (Å²) >= 11 is 1.13. The number of H-pyrrole nitrogens is 1. The van der Waals surface area contributed by atoms with Crippen LogP contribution in [0.25, 0.3) is 22.3 Å². The molecule has 0 aliphatic rings. The number of nitriles is 2. The fourth-order valence-corrected chi connectivity index (χ4v) is 4.12. The number of hydrazone groups is 1. The molecule has 3 aromatic rings. The van der Waals surface area contributed by atoms with Crippen LogP contribution in [-0.2, 0) is 0 Å². The number of hydrogen-bond acceptors (Lipinski definition) is 8. The van der Waals surface area contributed by atoms with Crippen LogP contribution in [0.1, 0.15) is 11.1 Å². The van der Waals surface area contributed by atoms with Gasteiger partial charge in [-0.1, -0.05) is 48.2 Å². The highest BCUT2D eigenvalue weighted by atomic mass is 32.2. The Hall–Kier alpha value is -4.25. The molecule has 0 amide bonds. The molecular weight excluding hydrogens is 436 g/mol. The number of nitrogens with one attached hydrogen (secondary N) is 2. The van der Waals surface area contributed by atoms with Crippen LogP contribution in [0.2, 0.25) is 0 Å². The molecule has 2 aromatic carbocycles. The van der Waals surface area contributed by atoms with E-state index < -0.39 is 5.56 Å². The molecule has 10 heteroatoms. The topological polar surface area (TPSA) is 160 Å². The Balaban J connectivity index is 2.05. The quantitative estimate of drug-likeness (QED) is 0.144. The van der Waals surface area contributed by atoms with Gasteiger partial charge < -0.3 is 21.2 Å². The number of pyridine rings is 1. The first-order valence-electron chi connectivity index (χ1n) is 9.78. The van der Waals surface area contributed by atoms with Gasteiger partial charge in [-0.2, -0.15) is 15.6 Å². The van der Waals surface area contributed by atoms with Crippen molar-refractivity contribution in [3.05, 3.63) is 70.0 Å². The van der Waals surface area contributed by atoms with E-state index >= 15 is 0 Å². The van der Waals surface area contributed by atoms with Gasteiger partial charge in [0.1, 0.15) is 23.5 Å². The van der Waals surface area contributed by atoms with E-state index in [1.807, 2.05) is 61.5 Å². The maximum Gasteiger partial charge on any atom is 0.267 e. The summed E-state index contributed by atoms with van der Waals surface area (Å²) in [5.41, 5.74) is 5.80. The summed E-state index contributed by atoms with van der Waals surface area (Å²) in [6.07, 6.45) is 0. The molecule has 1 heterocycles. The van der Waals surface area contributed by atoms with E-state index in [0.717, 1.165) is 28.6 Å². The number of nitrogens with two attached hydrogens (primary N) is 2. The van der Waals surface area contributed by atoms with Crippen LogP contribution >= 0.6 is 11.8 Å². The summed E-state index contributed by atoms with van der Waals surface area (Å²) < 4.78 is 0. The molecule has 166 valence electrons. The summed E-state index contributed by atoms with van der Waals surface area (Å²) in [7, 11) is 3.96. The fraction of sp³-hybridized carbons (Fsp3) is 0.130. The van der Waals surface area contributed by atoms with Crippen LogP contribution in [0.15, 0.2) is 63.5 Å². The van der Waals surface area contributed by atoms with Crippen LogP contribution in [0, 0.1) is 22.7 Å². The molecule has 0 atom stereocenters. The predicted octanol–water partition coefficient (Wildman–Crippen LogP) is 2.35. The molecular formula is C23H22N8OS. The largest absolute Gasteiger partial charge is 0.378 e. The number of anilines is 1. The number of thioether (sulfide) groups is 1. The first-order valence-corrected chi connectivity index (χ1v) is 10.8. The molecule has 33 heavy (non-hydrogen) atoms. The van der Waals surface area contributed by atoms with Crippen LogP contribution in [0.5, 0.6) is 0 Å². The second-order valence-electron chi connectivity index (χ2n) is 7.16. The zero-order valence-corrected chi connectivity index (χ0v) is 18.9. The Morgan fingerprint density at radius 2 is 1.58 bits per heavy atom. The van der Waals surface area contributed by atoms with Crippen LogP contribution in [-0.4, -0.2) is 30.7 Å². The van der Waals surface area contributed by atoms with Gasteiger partial charge in [0.15, 0.2) is 0 Å². The smallest absolute Gasteiger partial charge is 0.267 e. The fourth-order valence-electron chi connectivity index (χ4n) is 3.23. The van der Waals surface area contributed by atoms with Crippen molar-refractivity contribution in [2.75, 3.05) is 24.7 Å². The molecule has 9 nitrogen and oxygen atoms in total. The average molecular weight is 459 g/mol. The number of rotatable bonds is 6. The molecule has 0 aliphatic carbocycles. The number of nitrogens with zero attached hydrogens (tertiary/aromatic N) is 4. The molecule has 0 aliphatic heterocycles. The first kappa shape index (κ1) is 23.4. The van der Waals surface area contributed by atoms with E-state index in [1.165, 1.54) is 0 Å². The van der Waals surface area contributed by atoms with Gasteiger partial charge in [0.2, 0.25) is 0 Å². The van der Waals surface area contributed by atoms with Gasteiger partial charge in [-0.05, 0) is 28.8 Å². The normalized spacial score (nSPS) is 10.9. The second-order valence-corrected chi connectivity index (χ2v) is 8.14. The highest BCUT2D eigenvalue weighted by molar-refractivity contribution is 8.00. The molecule has 0 bridgehead atoms. The SMILES string of the molecule is CN(C)c1ccc(-c2ccc(-c3c(C#N)c(SC/C(=N/N)NN)[nH]c(=O)c3C#N)cc2)cc1. The van der Waals surface area contributed by atoms with Gasteiger partial charge in [0, 0.05) is 25.3 Å². The minimum atomic E-state index is -0.579. The van der Waals surface area contributed by atoms with Crippen LogP contribution < -0.4 is 27.6 Å². The van der Waals surface area contributed by atoms with Gasteiger partial charge in [-0.25, -0.2) is 5.84 Å². The van der Waals surface area contributed by atoms with Crippen LogP contribution in [0.3, 0.4) is 0 Å². The highest BCUT2D eigenvalue weighted by Gasteiger charge is 2.20. The van der Waals surface area contributed by atoms with Gasteiger partial charge >= 0.3 is 0 Å². The van der Waals surface area contributed by atoms with Crippen molar-refractivity contribution < 1.29 is 0 Å². The summed E-state index contributed by atoms with van der Waals surface area (Å²) in [5.74, 6) is 11.1. The van der Waals surface area contributed by atoms with Gasteiger partial charge in [-0.3, -0.25) is 4.79 Å². The number of aromatic nitrogens is 1. The Labute approximate surface area is 195 Å². The average Bonchev–Trinajstić information content (AvgIpc) is 2.84. The number of hydrazine groups is 1. The monoisotopic (exact) mass is 458 g/mol. The zero-order valence-electron chi connectivity index (χ0n) is 18.1. The molecule has 3 rings (SSSR count). The summed E-state index contributed by atoms with van der Waals surface area (Å²) in [5, 5.41) is 23.3. The van der Waals surface area contributed by atoms with E-state index in [9.17, 15) is 15.3 Å². The first-order chi connectivity index (χ1) is 15.9. The lowest BCUT2D eigenvalue weighted by molar-refractivity contribution is 0.995. The standard InChI is InChI=1S/C23H22N8OS/c1-31(2)17-9-7-15(8-10-17)14-3-5-16(6-4-14)21-18(11-24)22(32)28-23(19(21)12-25)33-13-20(29-26)30-27/h3-10H,13,26-27H2,1-2H3,(H,28,32)(H,29,30). The molecule has 0 radical (unpaired) electrons. The van der Waals surface area contributed by atoms with Crippen molar-refractivity contribution in [2.45, 2.75) is 5.03 Å². The molecule has 0 fully saturated rings. The Bertz CT molecular complexity index is 1310. The maximum absolute atomic E-state index is 12.6. The zero-order chi connectivity index (χ0) is 24.0. The minimum absolute atomic E-state index is 0.122. The molecule has 0 unspecified atom stereocenters. The minimum Gasteiger partial charge on any atom is -0.378 e. The number of benzene rings is 2. The predicted molar refractivity (Wildman–Crippen MR) is 131 cm³/mol. The number of hydrogen-bond donors (Lipinski definition) is 4. The second kappa shape index (κ2) is 10.4. The number of amidine groups is 1. The third kappa shape index (κ3) is 4.99. The summed E-state index contributed by atoms with van der Waals surface area (Å²) in [6.45, 7) is 0. The Kier molecular flexibility index (Phi) is 7.36.